The third-order valence-corrected chi connectivity index (χ3v) is 6.59. The number of allylic oxidation sites excluding steroid dienone is 1. The van der Waals surface area contributed by atoms with Crippen LogP contribution in [0.1, 0.15) is 59.3 Å². The molecule has 4 nitrogen and oxygen atoms in total. The van der Waals surface area contributed by atoms with E-state index in [0.29, 0.717) is 11.1 Å². The number of fused-ring (bicyclic) bond motifs is 1. The van der Waals surface area contributed by atoms with E-state index in [-0.39, 0.29) is 29.4 Å². The molecular formula is C18H27NO3S. The summed E-state index contributed by atoms with van der Waals surface area (Å²) in [7, 11) is 0. The second-order valence-electron chi connectivity index (χ2n) is 7.71. The van der Waals surface area contributed by atoms with Gasteiger partial charge in [-0.25, -0.2) is 0 Å². The molecule has 4 atom stereocenters. The lowest BCUT2D eigenvalue weighted by Crippen LogP contribution is -2.57. The van der Waals surface area contributed by atoms with Gasteiger partial charge < -0.3 is 9.84 Å². The summed E-state index contributed by atoms with van der Waals surface area (Å²) in [6.45, 7) is 6.56. The van der Waals surface area contributed by atoms with Gasteiger partial charge in [0.05, 0.1) is 18.1 Å². The SMILES string of the molecule is CCC/C=C/[C@@H](O)CC(=O)N1C(=S)O[C@@H]2C[C@H]3CC[C@@]21C3(C)C. The minimum absolute atomic E-state index is 0.0108. The van der Waals surface area contributed by atoms with E-state index >= 15 is 0 Å². The van der Waals surface area contributed by atoms with Gasteiger partial charge in [0, 0.05) is 0 Å². The molecule has 3 fully saturated rings. The number of hydrogen-bond donors (Lipinski definition) is 1. The second kappa shape index (κ2) is 5.85. The van der Waals surface area contributed by atoms with E-state index in [4.69, 9.17) is 17.0 Å². The molecule has 2 aliphatic carbocycles. The summed E-state index contributed by atoms with van der Waals surface area (Å²) in [5, 5.41) is 10.4. The molecule has 0 aromatic heterocycles. The van der Waals surface area contributed by atoms with Crippen molar-refractivity contribution in [2.75, 3.05) is 0 Å². The highest BCUT2D eigenvalue weighted by atomic mass is 32.1. The number of carbonyl (C=O) groups excluding carboxylic acids is 1. The number of aliphatic hydroxyl groups excluding tert-OH is 1. The maximum atomic E-state index is 12.9. The van der Waals surface area contributed by atoms with Gasteiger partial charge in [-0.2, -0.15) is 0 Å². The largest absolute Gasteiger partial charge is 0.465 e. The lowest BCUT2D eigenvalue weighted by Gasteiger charge is -2.42. The maximum absolute atomic E-state index is 12.9. The first kappa shape index (κ1) is 16.9. The molecule has 23 heavy (non-hydrogen) atoms. The zero-order valence-electron chi connectivity index (χ0n) is 14.2. The minimum Gasteiger partial charge on any atom is -0.465 e. The van der Waals surface area contributed by atoms with Crippen molar-refractivity contribution in [1.82, 2.24) is 4.90 Å². The molecular weight excluding hydrogens is 310 g/mol. The molecule has 2 saturated carbocycles. The average Bonchev–Trinajstić information content (AvgIpc) is 2.98. The zero-order chi connectivity index (χ0) is 16.8. The van der Waals surface area contributed by atoms with Crippen molar-refractivity contribution >= 4 is 23.3 Å². The van der Waals surface area contributed by atoms with Crippen LogP contribution in [0.4, 0.5) is 0 Å². The first-order chi connectivity index (χ1) is 10.8. The van der Waals surface area contributed by atoms with Crippen LogP contribution in [-0.4, -0.2) is 38.8 Å². The van der Waals surface area contributed by atoms with E-state index in [0.717, 1.165) is 32.1 Å². The van der Waals surface area contributed by atoms with Gasteiger partial charge >= 0.3 is 0 Å². The molecule has 5 heteroatoms. The number of ether oxygens (including phenoxy) is 1. The predicted molar refractivity (Wildman–Crippen MR) is 92.8 cm³/mol. The molecule has 3 rings (SSSR count). The Bertz CT molecular complexity index is 544. The van der Waals surface area contributed by atoms with Crippen LogP contribution in [-0.2, 0) is 9.53 Å². The Kier molecular flexibility index (Phi) is 4.30. The summed E-state index contributed by atoms with van der Waals surface area (Å²) >= 11 is 5.37. The van der Waals surface area contributed by atoms with Gasteiger partial charge in [-0.05, 0) is 49.2 Å². The molecule has 3 aliphatic rings. The highest BCUT2D eigenvalue weighted by Crippen LogP contribution is 2.65. The van der Waals surface area contributed by atoms with Crippen molar-refractivity contribution in [3.63, 3.8) is 0 Å². The molecule has 1 heterocycles. The fourth-order valence-corrected chi connectivity index (χ4v) is 5.36. The van der Waals surface area contributed by atoms with Crippen molar-refractivity contribution in [2.24, 2.45) is 11.3 Å². The van der Waals surface area contributed by atoms with Crippen molar-refractivity contribution < 1.29 is 14.6 Å². The van der Waals surface area contributed by atoms with Gasteiger partial charge in [0.2, 0.25) is 5.91 Å². The van der Waals surface area contributed by atoms with Crippen molar-refractivity contribution in [1.29, 1.82) is 0 Å². The smallest absolute Gasteiger partial charge is 0.267 e. The first-order valence-electron chi connectivity index (χ1n) is 8.73. The van der Waals surface area contributed by atoms with Crippen LogP contribution in [0.15, 0.2) is 12.2 Å². The predicted octanol–water partition coefficient (Wildman–Crippen LogP) is 3.18. The van der Waals surface area contributed by atoms with E-state index in [2.05, 4.69) is 20.8 Å². The summed E-state index contributed by atoms with van der Waals surface area (Å²) in [5.74, 6) is 0.474. The maximum Gasteiger partial charge on any atom is 0.267 e. The molecule has 0 aromatic rings. The quantitative estimate of drug-likeness (QED) is 0.618. The first-order valence-corrected chi connectivity index (χ1v) is 9.13. The Morgan fingerprint density at radius 3 is 2.96 bits per heavy atom. The van der Waals surface area contributed by atoms with Crippen molar-refractivity contribution in [2.45, 2.75) is 77.0 Å². The Hall–Kier alpha value is -0.940. The van der Waals surface area contributed by atoms with Crippen LogP contribution >= 0.6 is 12.2 Å². The molecule has 0 aromatic carbocycles. The monoisotopic (exact) mass is 337 g/mol. The van der Waals surface area contributed by atoms with Crippen molar-refractivity contribution in [3.05, 3.63) is 12.2 Å². The fourth-order valence-electron chi connectivity index (χ4n) is 4.98. The summed E-state index contributed by atoms with van der Waals surface area (Å²) in [6.07, 6.45) is 7.99. The van der Waals surface area contributed by atoms with Gasteiger partial charge in [-0.1, -0.05) is 39.3 Å². The lowest BCUT2D eigenvalue weighted by atomic mass is 9.74. The van der Waals surface area contributed by atoms with E-state index < -0.39 is 6.10 Å². The number of rotatable bonds is 5. The van der Waals surface area contributed by atoms with Crippen LogP contribution in [0.2, 0.25) is 0 Å². The molecule has 1 saturated heterocycles. The molecule has 0 radical (unpaired) electrons. The number of amides is 1. The molecule has 1 aliphatic heterocycles. The standard InChI is InChI=1S/C18H27NO3S/c1-4-5-6-7-13(20)11-15(21)19-16(23)22-14-10-12-8-9-18(14,19)17(12,2)3/h6-7,12-14,20H,4-5,8-11H2,1-3H3/b7-6+/t12-,13-,14-,18+/m1/s1. The minimum atomic E-state index is -0.756. The molecule has 0 unspecified atom stereocenters. The number of unbranched alkanes of at least 4 members (excludes halogenated alkanes) is 1. The lowest BCUT2D eigenvalue weighted by molar-refractivity contribution is -0.135. The third kappa shape index (κ3) is 2.35. The van der Waals surface area contributed by atoms with Gasteiger partial charge in [0.1, 0.15) is 6.10 Å². The fraction of sp³-hybridized carbons (Fsp3) is 0.778. The van der Waals surface area contributed by atoms with Crippen LogP contribution in [0.3, 0.4) is 0 Å². The van der Waals surface area contributed by atoms with Gasteiger partial charge in [0.25, 0.3) is 5.17 Å². The van der Waals surface area contributed by atoms with Crippen LogP contribution < -0.4 is 0 Å². The number of aliphatic hydroxyl groups is 1. The third-order valence-electron chi connectivity index (χ3n) is 6.31. The van der Waals surface area contributed by atoms with E-state index in [9.17, 15) is 9.90 Å². The van der Waals surface area contributed by atoms with E-state index in [1.807, 2.05) is 6.08 Å². The highest BCUT2D eigenvalue weighted by Gasteiger charge is 2.72. The molecule has 1 N–H and O–H groups in total. The summed E-state index contributed by atoms with van der Waals surface area (Å²) in [6, 6.07) is 0. The number of carbonyl (C=O) groups is 1. The number of thiocarbonyl (C=S) groups is 1. The van der Waals surface area contributed by atoms with Crippen LogP contribution in [0.25, 0.3) is 0 Å². The zero-order valence-corrected chi connectivity index (χ0v) is 15.1. The van der Waals surface area contributed by atoms with E-state index in [1.165, 1.54) is 0 Å². The van der Waals surface area contributed by atoms with Gasteiger partial charge in [-0.15, -0.1) is 0 Å². The Morgan fingerprint density at radius 1 is 1.57 bits per heavy atom. The normalized spacial score (nSPS) is 35.7. The second-order valence-corrected chi connectivity index (χ2v) is 8.06. The summed E-state index contributed by atoms with van der Waals surface area (Å²) < 4.78 is 5.90. The Morgan fingerprint density at radius 2 is 2.30 bits per heavy atom. The number of nitrogens with zero attached hydrogens (tertiary/aromatic N) is 1. The molecule has 1 spiro atoms. The van der Waals surface area contributed by atoms with Crippen LogP contribution in [0, 0.1) is 11.3 Å². The molecule has 1 amide bonds. The van der Waals surface area contributed by atoms with Crippen molar-refractivity contribution in [3.8, 4) is 0 Å². The Labute approximate surface area is 143 Å². The van der Waals surface area contributed by atoms with Gasteiger partial charge in [0.15, 0.2) is 0 Å². The Balaban J connectivity index is 1.78. The topological polar surface area (TPSA) is 49.8 Å². The van der Waals surface area contributed by atoms with Gasteiger partial charge in [-0.3, -0.25) is 9.69 Å². The average molecular weight is 337 g/mol. The number of hydrogen-bond acceptors (Lipinski definition) is 4. The van der Waals surface area contributed by atoms with E-state index in [1.54, 1.807) is 11.0 Å². The van der Waals surface area contributed by atoms with Crippen LogP contribution in [0.5, 0.6) is 0 Å². The molecule has 128 valence electrons. The summed E-state index contributed by atoms with van der Waals surface area (Å²) in [5.41, 5.74) is -0.296. The molecule has 2 bridgehead atoms. The highest BCUT2D eigenvalue weighted by molar-refractivity contribution is 7.80. The summed E-state index contributed by atoms with van der Waals surface area (Å²) in [4.78, 5) is 14.6.